The van der Waals surface area contributed by atoms with Crippen molar-refractivity contribution in [1.29, 1.82) is 0 Å². The van der Waals surface area contributed by atoms with Gasteiger partial charge in [0.1, 0.15) is 0 Å². The quantitative estimate of drug-likeness (QED) is 0.569. The molecule has 0 spiro atoms. The standard InChI is InChI=1S/C8H14N2O2S/c1-13(11,12)10-7-3-2-5-9-6-4-8-10/h9H,4-8H2,1H3. The molecule has 1 heterocycles. The first kappa shape index (κ1) is 10.5. The van der Waals surface area contributed by atoms with E-state index in [0.717, 1.165) is 13.0 Å². The number of sulfonamides is 1. The Balaban J connectivity index is 2.65. The average molecular weight is 202 g/mol. The van der Waals surface area contributed by atoms with Crippen molar-refractivity contribution in [2.24, 2.45) is 0 Å². The Hall–Kier alpha value is -0.570. The summed E-state index contributed by atoms with van der Waals surface area (Å²) in [6.45, 7) is 2.35. The highest BCUT2D eigenvalue weighted by atomic mass is 32.2. The van der Waals surface area contributed by atoms with Gasteiger partial charge in [-0.15, -0.1) is 0 Å². The van der Waals surface area contributed by atoms with E-state index in [9.17, 15) is 8.42 Å². The molecule has 0 fully saturated rings. The molecule has 1 N–H and O–H groups in total. The van der Waals surface area contributed by atoms with Crippen molar-refractivity contribution in [3.05, 3.63) is 0 Å². The predicted octanol–water partition coefficient (Wildman–Crippen LogP) is -0.755. The number of nitrogens with one attached hydrogen (secondary N) is 1. The van der Waals surface area contributed by atoms with Gasteiger partial charge in [0.2, 0.25) is 10.0 Å². The van der Waals surface area contributed by atoms with E-state index < -0.39 is 10.0 Å². The van der Waals surface area contributed by atoms with Gasteiger partial charge in [0.25, 0.3) is 0 Å². The molecular formula is C8H14N2O2S. The molecule has 5 heteroatoms. The van der Waals surface area contributed by atoms with Crippen LogP contribution in [0.2, 0.25) is 0 Å². The Labute approximate surface area is 79.4 Å². The molecule has 0 aromatic heterocycles. The van der Waals surface area contributed by atoms with Gasteiger partial charge in [0.15, 0.2) is 0 Å². The van der Waals surface area contributed by atoms with Gasteiger partial charge >= 0.3 is 0 Å². The summed E-state index contributed by atoms with van der Waals surface area (Å²) in [5, 5.41) is 3.10. The number of rotatable bonds is 1. The third kappa shape index (κ3) is 3.77. The Bertz CT molecular complexity index is 313. The smallest absolute Gasteiger partial charge is 0.212 e. The van der Waals surface area contributed by atoms with Gasteiger partial charge in [0.05, 0.1) is 19.3 Å². The summed E-state index contributed by atoms with van der Waals surface area (Å²) in [5.41, 5.74) is 0. The maximum absolute atomic E-state index is 11.2. The lowest BCUT2D eigenvalue weighted by molar-refractivity contribution is 0.441. The van der Waals surface area contributed by atoms with Crippen LogP contribution in [0.5, 0.6) is 0 Å². The highest BCUT2D eigenvalue weighted by Gasteiger charge is 2.14. The summed E-state index contributed by atoms with van der Waals surface area (Å²) in [6.07, 6.45) is 2.05. The van der Waals surface area contributed by atoms with Crippen LogP contribution in [0.3, 0.4) is 0 Å². The van der Waals surface area contributed by atoms with Gasteiger partial charge in [-0.05, 0) is 13.0 Å². The Kier molecular flexibility index (Phi) is 3.72. The lowest BCUT2D eigenvalue weighted by Crippen LogP contribution is -2.32. The van der Waals surface area contributed by atoms with Crippen molar-refractivity contribution in [3.8, 4) is 11.8 Å². The maximum Gasteiger partial charge on any atom is 0.212 e. The molecule has 4 nitrogen and oxygen atoms in total. The van der Waals surface area contributed by atoms with Gasteiger partial charge < -0.3 is 5.32 Å². The van der Waals surface area contributed by atoms with E-state index in [1.807, 2.05) is 0 Å². The molecule has 13 heavy (non-hydrogen) atoms. The molecule has 0 unspecified atom stereocenters. The van der Waals surface area contributed by atoms with E-state index in [2.05, 4.69) is 17.2 Å². The van der Waals surface area contributed by atoms with Gasteiger partial charge in [0, 0.05) is 6.54 Å². The molecule has 1 rings (SSSR count). The second kappa shape index (κ2) is 4.61. The second-order valence-corrected chi connectivity index (χ2v) is 4.96. The van der Waals surface area contributed by atoms with Crippen LogP contribution in [0.15, 0.2) is 0 Å². The van der Waals surface area contributed by atoms with Crippen LogP contribution in [-0.4, -0.2) is 45.2 Å². The minimum atomic E-state index is -3.08. The highest BCUT2D eigenvalue weighted by Crippen LogP contribution is 1.98. The van der Waals surface area contributed by atoms with E-state index >= 15 is 0 Å². The van der Waals surface area contributed by atoms with Crippen molar-refractivity contribution in [1.82, 2.24) is 9.62 Å². The van der Waals surface area contributed by atoms with Crippen LogP contribution in [0.25, 0.3) is 0 Å². The molecule has 0 aromatic carbocycles. The number of hydrogen-bond acceptors (Lipinski definition) is 3. The summed E-state index contributed by atoms with van der Waals surface area (Å²) in [5.74, 6) is 5.68. The molecule has 0 radical (unpaired) electrons. The molecule has 0 atom stereocenters. The van der Waals surface area contributed by atoms with Crippen molar-refractivity contribution < 1.29 is 8.42 Å². The summed E-state index contributed by atoms with van der Waals surface area (Å²) in [6, 6.07) is 0. The Morgan fingerprint density at radius 2 is 2.15 bits per heavy atom. The van der Waals surface area contributed by atoms with Crippen molar-refractivity contribution in [3.63, 3.8) is 0 Å². The highest BCUT2D eigenvalue weighted by molar-refractivity contribution is 7.88. The fraction of sp³-hybridized carbons (Fsp3) is 0.750. The molecule has 74 valence electrons. The molecule has 0 bridgehead atoms. The minimum Gasteiger partial charge on any atom is -0.306 e. The van der Waals surface area contributed by atoms with Crippen LogP contribution >= 0.6 is 0 Å². The third-order valence-corrected chi connectivity index (χ3v) is 3.07. The fourth-order valence-electron chi connectivity index (χ4n) is 1.10. The lowest BCUT2D eigenvalue weighted by Gasteiger charge is -2.16. The first-order valence-corrected chi connectivity index (χ1v) is 6.07. The van der Waals surface area contributed by atoms with Crippen molar-refractivity contribution in [2.45, 2.75) is 6.42 Å². The van der Waals surface area contributed by atoms with E-state index in [1.54, 1.807) is 0 Å². The van der Waals surface area contributed by atoms with Crippen LogP contribution in [-0.2, 0) is 10.0 Å². The molecule has 0 aromatic rings. The monoisotopic (exact) mass is 202 g/mol. The summed E-state index contributed by atoms with van der Waals surface area (Å²) in [4.78, 5) is 0. The Morgan fingerprint density at radius 3 is 2.85 bits per heavy atom. The SMILES string of the molecule is CS(=O)(=O)N1CC#CCNCCC1. The Morgan fingerprint density at radius 1 is 1.38 bits per heavy atom. The topological polar surface area (TPSA) is 49.4 Å². The van der Waals surface area contributed by atoms with Crippen LogP contribution in [0.4, 0.5) is 0 Å². The zero-order chi connectivity index (χ0) is 9.73. The molecule has 1 aliphatic heterocycles. The second-order valence-electron chi connectivity index (χ2n) is 2.98. The number of nitrogens with zero attached hydrogens (tertiary/aromatic N) is 1. The largest absolute Gasteiger partial charge is 0.306 e. The predicted molar refractivity (Wildman–Crippen MR) is 51.7 cm³/mol. The minimum absolute atomic E-state index is 0.320. The molecule has 0 amide bonds. The van der Waals surface area contributed by atoms with Gasteiger partial charge in [-0.2, -0.15) is 4.31 Å². The molecule has 0 aliphatic carbocycles. The van der Waals surface area contributed by atoms with Crippen molar-refractivity contribution >= 4 is 10.0 Å². The van der Waals surface area contributed by atoms with Crippen LogP contribution in [0, 0.1) is 11.8 Å². The van der Waals surface area contributed by atoms with E-state index in [1.165, 1.54) is 10.6 Å². The first-order chi connectivity index (χ1) is 6.11. The third-order valence-electron chi connectivity index (χ3n) is 1.82. The zero-order valence-electron chi connectivity index (χ0n) is 7.71. The van der Waals surface area contributed by atoms with Crippen molar-refractivity contribution in [2.75, 3.05) is 32.4 Å². The summed E-state index contributed by atoms with van der Waals surface area (Å²) >= 11 is 0. The normalized spacial score (nSPS) is 20.7. The average Bonchev–Trinajstić information content (AvgIpc) is 2.14. The first-order valence-electron chi connectivity index (χ1n) is 4.22. The zero-order valence-corrected chi connectivity index (χ0v) is 8.52. The molecular weight excluding hydrogens is 188 g/mol. The number of hydrogen-bond donors (Lipinski definition) is 1. The molecule has 1 aliphatic rings. The fourth-order valence-corrected chi connectivity index (χ4v) is 1.86. The van der Waals surface area contributed by atoms with Gasteiger partial charge in [-0.1, -0.05) is 11.8 Å². The van der Waals surface area contributed by atoms with Crippen LogP contribution < -0.4 is 5.32 Å². The van der Waals surface area contributed by atoms with Crippen LogP contribution in [0.1, 0.15) is 6.42 Å². The summed E-state index contributed by atoms with van der Waals surface area (Å²) in [7, 11) is -3.08. The van der Waals surface area contributed by atoms with E-state index in [-0.39, 0.29) is 0 Å². The molecule has 0 saturated carbocycles. The maximum atomic E-state index is 11.2. The molecule has 0 saturated heterocycles. The summed E-state index contributed by atoms with van der Waals surface area (Å²) < 4.78 is 23.8. The van der Waals surface area contributed by atoms with Gasteiger partial charge in [-0.25, -0.2) is 8.42 Å². The van der Waals surface area contributed by atoms with E-state index in [0.29, 0.717) is 19.6 Å². The van der Waals surface area contributed by atoms with Gasteiger partial charge in [-0.3, -0.25) is 0 Å². The van der Waals surface area contributed by atoms with E-state index in [4.69, 9.17) is 0 Å². The lowest BCUT2D eigenvalue weighted by atomic mass is 10.4.